The molecule has 7 aromatic rings. The van der Waals surface area contributed by atoms with E-state index in [1.54, 1.807) is 11.8 Å². The number of nitrogens with zero attached hydrogens (tertiary/aromatic N) is 2. The minimum atomic E-state index is 1.09. The SMILES string of the molecule is C=Cc1sc(-c2ccc3c4c5ccc(-c6cc7sccc7s6)cc5n(/C=C/CCCCC)c4n(/C=C/CCCCCC)c3c2)cc1SC. The first-order chi connectivity index (χ1) is 23.6. The maximum absolute atomic E-state index is 4.08. The number of thiophene rings is 3. The van der Waals surface area contributed by atoms with Crippen LogP contribution in [0.5, 0.6) is 0 Å². The second kappa shape index (κ2) is 15.1. The van der Waals surface area contributed by atoms with E-state index in [-0.39, 0.29) is 0 Å². The molecule has 0 amide bonds. The zero-order valence-electron chi connectivity index (χ0n) is 28.3. The van der Waals surface area contributed by atoms with Gasteiger partial charge >= 0.3 is 0 Å². The Morgan fingerprint density at radius 1 is 0.708 bits per heavy atom. The fourth-order valence-electron chi connectivity index (χ4n) is 6.77. The topological polar surface area (TPSA) is 9.86 Å². The number of unbranched alkanes of at least 4 members (excludes halogenated alkanes) is 7. The molecule has 2 aromatic carbocycles. The predicted molar refractivity (Wildman–Crippen MR) is 222 cm³/mol. The van der Waals surface area contributed by atoms with Gasteiger partial charge in [-0.05, 0) is 78.8 Å². The highest BCUT2D eigenvalue weighted by molar-refractivity contribution is 7.98. The molecule has 5 heterocycles. The van der Waals surface area contributed by atoms with Crippen LogP contribution < -0.4 is 0 Å². The molecule has 0 aliphatic rings. The fourth-order valence-corrected chi connectivity index (χ4v) is 10.7. The van der Waals surface area contributed by atoms with Gasteiger partial charge in [0, 0.05) is 57.5 Å². The van der Waals surface area contributed by atoms with Crippen LogP contribution in [0, 0.1) is 0 Å². The number of thioether (sulfide) groups is 1. The quantitative estimate of drug-likeness (QED) is 0.0763. The van der Waals surface area contributed by atoms with Gasteiger partial charge in [0.25, 0.3) is 0 Å². The lowest BCUT2D eigenvalue weighted by Gasteiger charge is -2.08. The van der Waals surface area contributed by atoms with E-state index in [2.05, 4.69) is 120 Å². The minimum Gasteiger partial charge on any atom is -0.302 e. The summed E-state index contributed by atoms with van der Waals surface area (Å²) in [6, 6.07) is 21.2. The lowest BCUT2D eigenvalue weighted by molar-refractivity contribution is 0.675. The van der Waals surface area contributed by atoms with Gasteiger partial charge in [-0.2, -0.15) is 0 Å². The monoisotopic (exact) mass is 704 g/mol. The van der Waals surface area contributed by atoms with Crippen LogP contribution in [0.1, 0.15) is 76.5 Å². The van der Waals surface area contributed by atoms with Crippen molar-refractivity contribution in [2.24, 2.45) is 0 Å². The smallest absolute Gasteiger partial charge is 0.130 e. The number of fused-ring (bicyclic) bond motifs is 6. The average molecular weight is 705 g/mol. The summed E-state index contributed by atoms with van der Waals surface area (Å²) in [4.78, 5) is 5.18. The van der Waals surface area contributed by atoms with Crippen molar-refractivity contribution in [1.82, 2.24) is 9.13 Å². The Kier molecular flexibility index (Phi) is 10.4. The van der Waals surface area contributed by atoms with Gasteiger partial charge in [-0.1, -0.05) is 95.0 Å². The van der Waals surface area contributed by atoms with Crippen LogP contribution in [0.25, 0.3) is 81.6 Å². The highest BCUT2D eigenvalue weighted by Gasteiger charge is 2.21. The first kappa shape index (κ1) is 33.2. The van der Waals surface area contributed by atoms with Gasteiger partial charge in [0.2, 0.25) is 0 Å². The number of allylic oxidation sites excluding steroid dienone is 2. The molecule has 48 heavy (non-hydrogen) atoms. The number of hydrogen-bond donors (Lipinski definition) is 0. The van der Waals surface area contributed by atoms with Crippen molar-refractivity contribution in [3.05, 3.63) is 83.6 Å². The van der Waals surface area contributed by atoms with Crippen molar-refractivity contribution in [3.8, 4) is 20.9 Å². The zero-order valence-corrected chi connectivity index (χ0v) is 31.5. The molecule has 2 nitrogen and oxygen atoms in total. The van der Waals surface area contributed by atoms with E-state index in [9.17, 15) is 0 Å². The van der Waals surface area contributed by atoms with Gasteiger partial charge in [0.15, 0.2) is 0 Å². The van der Waals surface area contributed by atoms with E-state index in [4.69, 9.17) is 0 Å². The first-order valence-electron chi connectivity index (χ1n) is 17.4. The molecule has 0 aliphatic carbocycles. The van der Waals surface area contributed by atoms with E-state index in [1.165, 1.54) is 118 Å². The molecule has 0 aliphatic heterocycles. The van der Waals surface area contributed by atoms with Crippen molar-refractivity contribution in [2.75, 3.05) is 6.26 Å². The van der Waals surface area contributed by atoms with E-state index in [1.807, 2.05) is 40.1 Å². The van der Waals surface area contributed by atoms with Gasteiger partial charge in [-0.15, -0.1) is 45.8 Å². The van der Waals surface area contributed by atoms with Crippen molar-refractivity contribution in [3.63, 3.8) is 0 Å². The van der Waals surface area contributed by atoms with Crippen LogP contribution in [-0.4, -0.2) is 15.4 Å². The molecule has 5 aromatic heterocycles. The maximum Gasteiger partial charge on any atom is 0.130 e. The molecule has 0 saturated carbocycles. The van der Waals surface area contributed by atoms with Gasteiger partial charge in [-0.25, -0.2) is 0 Å². The molecule has 0 bridgehead atoms. The third-order valence-electron chi connectivity index (χ3n) is 9.28. The van der Waals surface area contributed by atoms with Crippen LogP contribution in [0.2, 0.25) is 0 Å². The summed E-state index contributed by atoms with van der Waals surface area (Å²) in [5, 5.41) is 6.15. The largest absolute Gasteiger partial charge is 0.302 e. The molecular weight excluding hydrogens is 661 g/mol. The average Bonchev–Trinajstić information content (AvgIpc) is 3.92. The summed E-state index contributed by atoms with van der Waals surface area (Å²) in [7, 11) is 0. The van der Waals surface area contributed by atoms with Crippen LogP contribution in [0.3, 0.4) is 0 Å². The minimum absolute atomic E-state index is 1.09. The lowest BCUT2D eigenvalue weighted by Crippen LogP contribution is -1.94. The van der Waals surface area contributed by atoms with Crippen LogP contribution in [0.15, 0.2) is 83.6 Å². The Labute approximate surface area is 301 Å². The third kappa shape index (κ3) is 6.40. The summed E-state index contributed by atoms with van der Waals surface area (Å²) in [6.45, 7) is 8.64. The van der Waals surface area contributed by atoms with E-state index >= 15 is 0 Å². The highest BCUT2D eigenvalue weighted by Crippen LogP contribution is 2.44. The number of aromatic nitrogens is 2. The molecule has 6 heteroatoms. The number of hydrogen-bond acceptors (Lipinski definition) is 4. The fraction of sp³-hybridized carbons (Fsp3) is 0.286. The van der Waals surface area contributed by atoms with Crippen molar-refractivity contribution in [1.29, 1.82) is 0 Å². The molecule has 0 unspecified atom stereocenters. The van der Waals surface area contributed by atoms with E-state index < -0.39 is 0 Å². The standard InChI is InChI=1S/C42H44N2S4/c1-5-8-10-12-14-16-23-44-33-25-29(37-27-39(45-4)35(7-3)47-37)17-19-31(33)41-32-20-18-30(38-28-40-36(48-38)21-24-46-40)26-34(32)43(42(41)44)22-15-13-11-9-6-2/h7,15-28H,3,5-6,8-14H2,1-2,4H3/b22-15+,23-16+. The summed E-state index contributed by atoms with van der Waals surface area (Å²) >= 11 is 7.36. The Bertz CT molecular complexity index is 2230. The first-order valence-corrected chi connectivity index (χ1v) is 21.1. The van der Waals surface area contributed by atoms with Gasteiger partial charge in [0.05, 0.1) is 11.0 Å². The van der Waals surface area contributed by atoms with Gasteiger partial charge in [-0.3, -0.25) is 0 Å². The second-order valence-electron chi connectivity index (χ2n) is 12.5. The summed E-state index contributed by atoms with van der Waals surface area (Å²) in [6.07, 6.45) is 24.6. The Morgan fingerprint density at radius 2 is 1.33 bits per heavy atom. The summed E-state index contributed by atoms with van der Waals surface area (Å²) in [5.41, 5.74) is 6.34. The van der Waals surface area contributed by atoms with Crippen LogP contribution in [-0.2, 0) is 0 Å². The molecular formula is C42H44N2S4. The van der Waals surface area contributed by atoms with E-state index in [0.29, 0.717) is 0 Å². The molecule has 7 rings (SSSR count). The zero-order chi connectivity index (χ0) is 33.0. The molecule has 0 radical (unpaired) electrons. The summed E-state index contributed by atoms with van der Waals surface area (Å²) in [5.74, 6) is 0. The molecule has 0 fully saturated rings. The molecule has 0 spiro atoms. The van der Waals surface area contributed by atoms with Crippen LogP contribution >= 0.6 is 45.8 Å². The van der Waals surface area contributed by atoms with Crippen molar-refractivity contribution < 1.29 is 0 Å². The van der Waals surface area contributed by atoms with Gasteiger partial charge < -0.3 is 9.13 Å². The molecule has 0 N–H and O–H groups in total. The van der Waals surface area contributed by atoms with Gasteiger partial charge in [0.1, 0.15) is 5.65 Å². The maximum atomic E-state index is 4.08. The number of benzene rings is 2. The third-order valence-corrected chi connectivity index (χ3v) is 13.5. The number of rotatable bonds is 15. The second-order valence-corrected chi connectivity index (χ2v) is 16.5. The van der Waals surface area contributed by atoms with Crippen molar-refractivity contribution >= 4 is 106 Å². The van der Waals surface area contributed by atoms with E-state index in [0.717, 1.165) is 12.8 Å². The predicted octanol–water partition coefficient (Wildman–Crippen LogP) is 15.3. The Morgan fingerprint density at radius 3 is 1.92 bits per heavy atom. The van der Waals surface area contributed by atoms with Crippen molar-refractivity contribution in [2.45, 2.75) is 76.5 Å². The Hall–Kier alpha value is -3.29. The molecule has 0 saturated heterocycles. The normalized spacial score (nSPS) is 12.4. The molecule has 246 valence electrons. The highest BCUT2D eigenvalue weighted by atomic mass is 32.2. The lowest BCUT2D eigenvalue weighted by atomic mass is 10.1. The summed E-state index contributed by atoms with van der Waals surface area (Å²) < 4.78 is 7.70. The van der Waals surface area contributed by atoms with Crippen LogP contribution in [0.4, 0.5) is 0 Å². The Balaban J connectivity index is 1.43. The molecule has 0 atom stereocenters.